The summed E-state index contributed by atoms with van der Waals surface area (Å²) in [6, 6.07) is 2.10. The van der Waals surface area contributed by atoms with E-state index in [-0.39, 0.29) is 0 Å². The van der Waals surface area contributed by atoms with Gasteiger partial charge in [0.15, 0.2) is 0 Å². The van der Waals surface area contributed by atoms with Crippen LogP contribution in [-0.2, 0) is 12.8 Å². The Morgan fingerprint density at radius 1 is 1.33 bits per heavy atom. The summed E-state index contributed by atoms with van der Waals surface area (Å²) >= 11 is 2.96. The number of nitrogens with two attached hydrogens (primary N) is 2. The number of pyridine rings is 1. The number of carbonyl (C=O) groups excluding carboxylic acids is 1. The minimum Gasteiger partial charge on any atom is -0.397 e. The SMILES string of the molecule is NC(=O)c1sc2nc3c(c(-c4ccsc4)c2c1N)CCC3. The average Bonchev–Trinajstić information content (AvgIpc) is 3.16. The van der Waals surface area contributed by atoms with Crippen LogP contribution in [0.2, 0.25) is 0 Å². The van der Waals surface area contributed by atoms with Crippen molar-refractivity contribution in [3.05, 3.63) is 33.0 Å². The predicted octanol–water partition coefficient (Wildman–Crippen LogP) is 3.19. The summed E-state index contributed by atoms with van der Waals surface area (Å²) < 4.78 is 0. The van der Waals surface area contributed by atoms with E-state index in [1.54, 1.807) is 11.3 Å². The van der Waals surface area contributed by atoms with Crippen LogP contribution in [0.15, 0.2) is 16.8 Å². The number of thiophene rings is 2. The highest BCUT2D eigenvalue weighted by atomic mass is 32.1. The molecule has 0 aliphatic heterocycles. The van der Waals surface area contributed by atoms with Gasteiger partial charge < -0.3 is 11.5 Å². The van der Waals surface area contributed by atoms with E-state index < -0.39 is 5.91 Å². The lowest BCUT2D eigenvalue weighted by Crippen LogP contribution is -2.10. The largest absolute Gasteiger partial charge is 0.397 e. The van der Waals surface area contributed by atoms with Crippen molar-refractivity contribution in [2.75, 3.05) is 5.73 Å². The first-order chi connectivity index (χ1) is 10.2. The number of rotatable bonds is 2. The Kier molecular flexibility index (Phi) is 2.77. The van der Waals surface area contributed by atoms with E-state index in [4.69, 9.17) is 16.5 Å². The highest BCUT2D eigenvalue weighted by molar-refractivity contribution is 7.21. The molecule has 4 N–H and O–H groups in total. The van der Waals surface area contributed by atoms with Gasteiger partial charge in [-0.3, -0.25) is 4.79 Å². The molecular weight excluding hydrogens is 302 g/mol. The van der Waals surface area contributed by atoms with Crippen LogP contribution >= 0.6 is 22.7 Å². The zero-order valence-corrected chi connectivity index (χ0v) is 12.8. The van der Waals surface area contributed by atoms with Crippen molar-refractivity contribution in [1.82, 2.24) is 4.98 Å². The molecule has 3 aromatic heterocycles. The smallest absolute Gasteiger partial charge is 0.260 e. The van der Waals surface area contributed by atoms with E-state index in [9.17, 15) is 4.79 Å². The molecule has 0 spiro atoms. The number of fused-ring (bicyclic) bond motifs is 2. The highest BCUT2D eigenvalue weighted by Gasteiger charge is 2.25. The predicted molar refractivity (Wildman–Crippen MR) is 87.9 cm³/mol. The van der Waals surface area contributed by atoms with E-state index in [0.717, 1.165) is 46.3 Å². The van der Waals surface area contributed by atoms with E-state index >= 15 is 0 Å². The molecule has 21 heavy (non-hydrogen) atoms. The quantitative estimate of drug-likeness (QED) is 0.762. The molecule has 1 aliphatic rings. The molecule has 4 rings (SSSR count). The fourth-order valence-electron chi connectivity index (χ4n) is 3.05. The second-order valence-corrected chi connectivity index (χ2v) is 6.95. The van der Waals surface area contributed by atoms with Gasteiger partial charge in [0.1, 0.15) is 9.71 Å². The van der Waals surface area contributed by atoms with Crippen molar-refractivity contribution >= 4 is 44.5 Å². The van der Waals surface area contributed by atoms with Gasteiger partial charge in [-0.1, -0.05) is 0 Å². The number of nitrogens with zero attached hydrogens (tertiary/aromatic N) is 1. The Bertz CT molecular complexity index is 865. The fourth-order valence-corrected chi connectivity index (χ4v) is 4.68. The van der Waals surface area contributed by atoms with Crippen LogP contribution in [0.4, 0.5) is 5.69 Å². The van der Waals surface area contributed by atoms with Gasteiger partial charge in [-0.15, -0.1) is 11.3 Å². The molecule has 0 aromatic carbocycles. The molecule has 106 valence electrons. The highest BCUT2D eigenvalue weighted by Crippen LogP contribution is 2.44. The molecular formula is C15H13N3OS2. The van der Waals surface area contributed by atoms with E-state index in [0.29, 0.717) is 10.6 Å². The van der Waals surface area contributed by atoms with E-state index in [2.05, 4.69) is 16.8 Å². The van der Waals surface area contributed by atoms with Crippen LogP contribution in [0.25, 0.3) is 21.3 Å². The lowest BCUT2D eigenvalue weighted by Gasteiger charge is -2.09. The molecule has 3 heterocycles. The number of amides is 1. The molecule has 0 unspecified atom stereocenters. The van der Waals surface area contributed by atoms with Gasteiger partial charge in [0.2, 0.25) is 0 Å². The summed E-state index contributed by atoms with van der Waals surface area (Å²) in [5.41, 5.74) is 16.9. The molecule has 0 saturated carbocycles. The van der Waals surface area contributed by atoms with Gasteiger partial charge >= 0.3 is 0 Å². The number of hydrogen-bond acceptors (Lipinski definition) is 5. The van der Waals surface area contributed by atoms with Crippen molar-refractivity contribution in [2.24, 2.45) is 5.73 Å². The molecule has 0 atom stereocenters. The van der Waals surface area contributed by atoms with Gasteiger partial charge in [0.05, 0.1) is 5.69 Å². The summed E-state index contributed by atoms with van der Waals surface area (Å²) in [5.74, 6) is -0.480. The maximum absolute atomic E-state index is 11.6. The first-order valence-electron chi connectivity index (χ1n) is 6.73. The van der Waals surface area contributed by atoms with Gasteiger partial charge in [-0.05, 0) is 52.8 Å². The topological polar surface area (TPSA) is 82.0 Å². The molecule has 1 aliphatic carbocycles. The van der Waals surface area contributed by atoms with Crippen molar-refractivity contribution in [1.29, 1.82) is 0 Å². The summed E-state index contributed by atoms with van der Waals surface area (Å²) in [5, 5.41) is 5.07. The Morgan fingerprint density at radius 2 is 2.19 bits per heavy atom. The van der Waals surface area contributed by atoms with E-state index in [1.165, 1.54) is 16.9 Å². The summed E-state index contributed by atoms with van der Waals surface area (Å²) in [7, 11) is 0. The molecule has 3 aromatic rings. The third-order valence-electron chi connectivity index (χ3n) is 3.94. The Labute approximate surface area is 129 Å². The number of carbonyl (C=O) groups is 1. The van der Waals surface area contributed by atoms with Crippen LogP contribution in [0, 0.1) is 0 Å². The number of hydrogen-bond donors (Lipinski definition) is 2. The number of aryl methyl sites for hydroxylation is 1. The molecule has 6 heteroatoms. The van der Waals surface area contributed by atoms with Crippen molar-refractivity contribution in [3.63, 3.8) is 0 Å². The Morgan fingerprint density at radius 3 is 2.90 bits per heavy atom. The van der Waals surface area contributed by atoms with Gasteiger partial charge in [0, 0.05) is 11.1 Å². The average molecular weight is 315 g/mol. The molecule has 0 fully saturated rings. The molecule has 4 nitrogen and oxygen atoms in total. The third kappa shape index (κ3) is 1.79. The van der Waals surface area contributed by atoms with Gasteiger partial charge in [0.25, 0.3) is 5.91 Å². The number of aromatic nitrogens is 1. The Balaban J connectivity index is 2.15. The van der Waals surface area contributed by atoms with Crippen molar-refractivity contribution < 1.29 is 4.79 Å². The molecule has 0 bridgehead atoms. The van der Waals surface area contributed by atoms with Gasteiger partial charge in [-0.25, -0.2) is 4.98 Å². The molecule has 0 saturated heterocycles. The van der Waals surface area contributed by atoms with E-state index in [1.807, 2.05) is 0 Å². The van der Waals surface area contributed by atoms with Crippen LogP contribution in [-0.4, -0.2) is 10.9 Å². The van der Waals surface area contributed by atoms with Crippen LogP contribution in [0.3, 0.4) is 0 Å². The van der Waals surface area contributed by atoms with Crippen LogP contribution in [0.5, 0.6) is 0 Å². The van der Waals surface area contributed by atoms with Crippen molar-refractivity contribution in [2.45, 2.75) is 19.3 Å². The Hall–Kier alpha value is -1.92. The summed E-state index contributed by atoms with van der Waals surface area (Å²) in [6.07, 6.45) is 3.14. The minimum absolute atomic E-state index is 0.414. The monoisotopic (exact) mass is 315 g/mol. The zero-order chi connectivity index (χ0) is 14.6. The standard InChI is InChI=1S/C15H13N3OS2/c16-12-11-10(7-4-5-20-6-7)8-2-1-3-9(8)18-15(11)21-13(12)14(17)19/h4-6H,1-3,16H2,(H2,17,19). The maximum atomic E-state index is 11.6. The number of primary amides is 1. The number of anilines is 1. The molecule has 0 radical (unpaired) electrons. The lowest BCUT2D eigenvalue weighted by atomic mass is 9.98. The normalized spacial score (nSPS) is 13.7. The maximum Gasteiger partial charge on any atom is 0.260 e. The van der Waals surface area contributed by atoms with Gasteiger partial charge in [-0.2, -0.15) is 11.3 Å². The summed E-state index contributed by atoms with van der Waals surface area (Å²) in [6.45, 7) is 0. The third-order valence-corrected chi connectivity index (χ3v) is 5.73. The van der Waals surface area contributed by atoms with Crippen LogP contribution in [0.1, 0.15) is 27.3 Å². The zero-order valence-electron chi connectivity index (χ0n) is 11.2. The second kappa shape index (κ2) is 4.54. The van der Waals surface area contributed by atoms with Crippen molar-refractivity contribution in [3.8, 4) is 11.1 Å². The number of nitrogen functional groups attached to an aromatic ring is 1. The first kappa shape index (κ1) is 12.8. The lowest BCUT2D eigenvalue weighted by molar-refractivity contribution is 0.100. The minimum atomic E-state index is -0.480. The second-order valence-electron chi connectivity index (χ2n) is 5.17. The molecule has 1 amide bonds. The first-order valence-corrected chi connectivity index (χ1v) is 8.49. The van der Waals surface area contributed by atoms with Crippen LogP contribution < -0.4 is 11.5 Å². The fraction of sp³-hybridized carbons (Fsp3) is 0.200. The summed E-state index contributed by atoms with van der Waals surface area (Å²) in [4.78, 5) is 17.5.